The van der Waals surface area contributed by atoms with E-state index >= 15 is 0 Å². The Morgan fingerprint density at radius 2 is 2.10 bits per heavy atom. The van der Waals surface area contributed by atoms with Gasteiger partial charge in [0.25, 0.3) is 0 Å². The fourth-order valence-corrected chi connectivity index (χ4v) is 4.13. The van der Waals surface area contributed by atoms with Gasteiger partial charge in [-0.25, -0.2) is 0 Å². The maximum atomic E-state index is 12.3. The molecule has 2 aliphatic carbocycles. The average molecular weight is 282 g/mol. The molecule has 0 radical (unpaired) electrons. The van der Waals surface area contributed by atoms with Crippen molar-refractivity contribution in [3.8, 4) is 0 Å². The SMILES string of the molecule is C[N+](C)(C)CCCOC(=O)[C@H]1[C@@H]2C[C@@H]3[C@@H]1C(=O)O[C@@H]3C2. The van der Waals surface area contributed by atoms with Crippen molar-refractivity contribution in [1.29, 1.82) is 0 Å². The summed E-state index contributed by atoms with van der Waals surface area (Å²) in [4.78, 5) is 24.1. The van der Waals surface area contributed by atoms with Crippen LogP contribution < -0.4 is 0 Å². The number of fused-ring (bicyclic) bond motifs is 1. The van der Waals surface area contributed by atoms with Gasteiger partial charge < -0.3 is 14.0 Å². The second-order valence-corrected chi connectivity index (χ2v) is 7.46. The van der Waals surface area contributed by atoms with Crippen LogP contribution in [0.15, 0.2) is 0 Å². The Kier molecular flexibility index (Phi) is 3.27. The lowest BCUT2D eigenvalue weighted by atomic mass is 9.80. The molecule has 5 heteroatoms. The first-order valence-corrected chi connectivity index (χ1v) is 7.54. The van der Waals surface area contributed by atoms with Gasteiger partial charge in [0, 0.05) is 12.3 Å². The second-order valence-electron chi connectivity index (χ2n) is 7.46. The third kappa shape index (κ3) is 2.32. The number of nitrogens with zero attached hydrogens (tertiary/aromatic N) is 1. The summed E-state index contributed by atoms with van der Waals surface area (Å²) in [6.45, 7) is 1.42. The summed E-state index contributed by atoms with van der Waals surface area (Å²) in [7, 11) is 6.35. The van der Waals surface area contributed by atoms with Gasteiger partial charge in [0.15, 0.2) is 0 Å². The van der Waals surface area contributed by atoms with Crippen LogP contribution in [-0.4, -0.2) is 56.8 Å². The van der Waals surface area contributed by atoms with Crippen molar-refractivity contribution in [1.82, 2.24) is 0 Å². The first-order chi connectivity index (χ1) is 9.37. The summed E-state index contributed by atoms with van der Waals surface area (Å²) in [5.41, 5.74) is 0. The van der Waals surface area contributed by atoms with Crippen LogP contribution in [0.5, 0.6) is 0 Å². The lowest BCUT2D eigenvalue weighted by molar-refractivity contribution is -0.870. The van der Waals surface area contributed by atoms with E-state index in [4.69, 9.17) is 9.47 Å². The molecule has 0 N–H and O–H groups in total. The minimum absolute atomic E-state index is 0.0831. The summed E-state index contributed by atoms with van der Waals surface area (Å²) in [6.07, 6.45) is 2.75. The smallest absolute Gasteiger partial charge is 0.310 e. The van der Waals surface area contributed by atoms with E-state index in [1.54, 1.807) is 0 Å². The number of quaternary nitrogens is 1. The molecule has 2 bridgehead atoms. The molecule has 1 aliphatic heterocycles. The highest BCUT2D eigenvalue weighted by atomic mass is 16.6. The van der Waals surface area contributed by atoms with E-state index in [-0.39, 0.29) is 35.8 Å². The van der Waals surface area contributed by atoms with Gasteiger partial charge in [-0.3, -0.25) is 9.59 Å². The molecular formula is C15H24NO4+. The van der Waals surface area contributed by atoms with Crippen molar-refractivity contribution in [2.24, 2.45) is 23.7 Å². The van der Waals surface area contributed by atoms with E-state index in [2.05, 4.69) is 21.1 Å². The van der Waals surface area contributed by atoms with E-state index in [1.807, 2.05) is 0 Å². The molecule has 0 spiro atoms. The fourth-order valence-electron chi connectivity index (χ4n) is 4.13. The van der Waals surface area contributed by atoms with Crippen LogP contribution in [0, 0.1) is 23.7 Å². The molecular weight excluding hydrogens is 258 g/mol. The number of rotatable bonds is 5. The van der Waals surface area contributed by atoms with Gasteiger partial charge >= 0.3 is 11.9 Å². The summed E-state index contributed by atoms with van der Waals surface area (Å²) >= 11 is 0. The number of carbonyl (C=O) groups excluding carboxylic acids is 2. The van der Waals surface area contributed by atoms with E-state index in [1.165, 1.54) is 0 Å². The molecule has 0 aromatic heterocycles. The van der Waals surface area contributed by atoms with Crippen molar-refractivity contribution in [3.05, 3.63) is 0 Å². The number of esters is 2. The number of hydrogen-bond acceptors (Lipinski definition) is 4. The summed E-state index contributed by atoms with van der Waals surface area (Å²) in [5.74, 6) is -0.238. The third-order valence-electron chi connectivity index (χ3n) is 4.97. The Labute approximate surface area is 119 Å². The quantitative estimate of drug-likeness (QED) is 0.426. The molecule has 0 aromatic rings. The maximum Gasteiger partial charge on any atom is 0.310 e. The minimum atomic E-state index is -0.240. The summed E-state index contributed by atoms with van der Waals surface area (Å²) in [6, 6.07) is 0. The Morgan fingerprint density at radius 1 is 1.35 bits per heavy atom. The number of ether oxygens (including phenoxy) is 2. The molecule has 0 aromatic carbocycles. The maximum absolute atomic E-state index is 12.3. The van der Waals surface area contributed by atoms with E-state index in [9.17, 15) is 9.59 Å². The molecule has 5 nitrogen and oxygen atoms in total. The predicted octanol–water partition coefficient (Wildman–Crippen LogP) is 0.824. The van der Waals surface area contributed by atoms with Crippen LogP contribution >= 0.6 is 0 Å². The zero-order valence-electron chi connectivity index (χ0n) is 12.5. The third-order valence-corrected chi connectivity index (χ3v) is 4.97. The topological polar surface area (TPSA) is 52.6 Å². The van der Waals surface area contributed by atoms with Crippen LogP contribution in [0.2, 0.25) is 0 Å². The summed E-state index contributed by atoms with van der Waals surface area (Å²) in [5, 5.41) is 0. The van der Waals surface area contributed by atoms with Crippen molar-refractivity contribution < 1.29 is 23.5 Å². The molecule has 3 fully saturated rings. The molecule has 1 saturated heterocycles. The van der Waals surface area contributed by atoms with E-state index < -0.39 is 0 Å². The Bertz CT molecular complexity index is 426. The first-order valence-electron chi connectivity index (χ1n) is 7.54. The zero-order valence-corrected chi connectivity index (χ0v) is 12.5. The Hall–Kier alpha value is -1.10. The Morgan fingerprint density at radius 3 is 2.80 bits per heavy atom. The molecule has 2 saturated carbocycles. The molecule has 3 rings (SSSR count). The van der Waals surface area contributed by atoms with Gasteiger partial charge in [0.05, 0.1) is 46.1 Å². The average Bonchev–Trinajstić information content (AvgIpc) is 2.93. The molecule has 0 amide bonds. The lowest BCUT2D eigenvalue weighted by Crippen LogP contribution is -2.37. The second kappa shape index (κ2) is 4.72. The Balaban J connectivity index is 1.52. The number of hydrogen-bond donors (Lipinski definition) is 0. The minimum Gasteiger partial charge on any atom is -0.465 e. The van der Waals surface area contributed by atoms with Crippen LogP contribution in [0.25, 0.3) is 0 Å². The largest absolute Gasteiger partial charge is 0.465 e. The van der Waals surface area contributed by atoms with Gasteiger partial charge in [0.1, 0.15) is 6.10 Å². The van der Waals surface area contributed by atoms with Crippen molar-refractivity contribution in [3.63, 3.8) is 0 Å². The lowest BCUT2D eigenvalue weighted by Gasteiger charge is -2.25. The van der Waals surface area contributed by atoms with Crippen LogP contribution in [-0.2, 0) is 19.1 Å². The molecule has 20 heavy (non-hydrogen) atoms. The van der Waals surface area contributed by atoms with Gasteiger partial charge in [-0.05, 0) is 18.8 Å². The standard InChI is InChI=1S/C15H24NO4/c1-16(2,3)5-4-6-19-14(17)12-9-7-10-11(8-9)20-15(18)13(10)12/h9-13H,4-8H2,1-3H3/q+1/t9-,10+,11-,12+,13+/m1/s1. The predicted molar refractivity (Wildman–Crippen MR) is 71.5 cm³/mol. The van der Waals surface area contributed by atoms with Crippen molar-refractivity contribution >= 4 is 11.9 Å². The molecule has 0 unspecified atom stereocenters. The fraction of sp³-hybridized carbons (Fsp3) is 0.867. The highest BCUT2D eigenvalue weighted by Crippen LogP contribution is 2.57. The van der Waals surface area contributed by atoms with Gasteiger partial charge in [-0.15, -0.1) is 0 Å². The highest BCUT2D eigenvalue weighted by molar-refractivity contribution is 5.85. The van der Waals surface area contributed by atoms with Crippen molar-refractivity contribution in [2.45, 2.75) is 25.4 Å². The highest BCUT2D eigenvalue weighted by Gasteiger charge is 2.64. The van der Waals surface area contributed by atoms with E-state index in [0.29, 0.717) is 12.5 Å². The van der Waals surface area contributed by atoms with E-state index in [0.717, 1.165) is 30.3 Å². The van der Waals surface area contributed by atoms with Crippen LogP contribution in [0.3, 0.4) is 0 Å². The van der Waals surface area contributed by atoms with Gasteiger partial charge in [-0.1, -0.05) is 0 Å². The van der Waals surface area contributed by atoms with Gasteiger partial charge in [-0.2, -0.15) is 0 Å². The van der Waals surface area contributed by atoms with Crippen molar-refractivity contribution in [2.75, 3.05) is 34.3 Å². The normalized spacial score (nSPS) is 38.1. The molecule has 5 atom stereocenters. The molecule has 3 aliphatic rings. The zero-order chi connectivity index (χ0) is 14.5. The van der Waals surface area contributed by atoms with Crippen LogP contribution in [0.4, 0.5) is 0 Å². The number of carbonyl (C=O) groups is 2. The van der Waals surface area contributed by atoms with Crippen LogP contribution in [0.1, 0.15) is 19.3 Å². The molecule has 112 valence electrons. The molecule has 1 heterocycles. The van der Waals surface area contributed by atoms with Gasteiger partial charge in [0.2, 0.25) is 0 Å². The summed E-state index contributed by atoms with van der Waals surface area (Å²) < 4.78 is 11.6. The first kappa shape index (κ1) is 13.9. The monoisotopic (exact) mass is 282 g/mol.